The molecule has 1 heterocycles. The summed E-state index contributed by atoms with van der Waals surface area (Å²) in [7, 11) is 3.06. The molecule has 1 aliphatic carbocycles. The lowest BCUT2D eigenvalue weighted by atomic mass is 9.94. The molecule has 0 radical (unpaired) electrons. The van der Waals surface area contributed by atoms with E-state index in [4.69, 9.17) is 37.4 Å². The Kier molecular flexibility index (Phi) is 8.83. The minimum atomic E-state index is -0.410. The first-order valence-electron chi connectivity index (χ1n) is 11.9. The highest BCUT2D eigenvalue weighted by Gasteiger charge is 2.30. The summed E-state index contributed by atoms with van der Waals surface area (Å²) in [6.45, 7) is 0.488. The van der Waals surface area contributed by atoms with Gasteiger partial charge in [0.05, 0.1) is 24.3 Å². The van der Waals surface area contributed by atoms with Crippen molar-refractivity contribution < 1.29 is 19.0 Å². The maximum absolute atomic E-state index is 13.2. The predicted octanol–water partition coefficient (Wildman–Crippen LogP) is 6.82. The Morgan fingerprint density at radius 3 is 2.36 bits per heavy atom. The molecule has 2 N–H and O–H groups in total. The monoisotopic (exact) mass is 532 g/mol. The third-order valence-corrected chi connectivity index (χ3v) is 7.10. The Bertz CT molecular complexity index is 1140. The van der Waals surface area contributed by atoms with Gasteiger partial charge in [0, 0.05) is 30.3 Å². The maximum Gasteiger partial charge on any atom is 0.416 e. The van der Waals surface area contributed by atoms with Crippen molar-refractivity contribution in [3.8, 4) is 11.5 Å². The van der Waals surface area contributed by atoms with Crippen LogP contribution in [0.25, 0.3) is 0 Å². The van der Waals surface area contributed by atoms with Crippen LogP contribution in [0.5, 0.6) is 11.5 Å². The standard InChI is InChI=1S/C26H30Cl2N4O4/c1-34-20-13-21(35-2)25(28)19(24(20)27)15-29-22-14-23(31-30-22)32(18-11-7-4-8-12-18)26(33)36-16-17-9-5-3-6-10-17/h3,5-6,9-10,13-14,18H,4,7-8,11-12,15-16H2,1-2H3,(H2,29,30,31). The highest BCUT2D eigenvalue weighted by Crippen LogP contribution is 2.40. The van der Waals surface area contributed by atoms with Gasteiger partial charge in [0.2, 0.25) is 0 Å². The molecule has 2 aromatic carbocycles. The number of H-pyrrole nitrogens is 1. The number of halogens is 2. The third-order valence-electron chi connectivity index (χ3n) is 6.27. The Morgan fingerprint density at radius 1 is 1.06 bits per heavy atom. The molecule has 0 unspecified atom stereocenters. The number of methoxy groups -OCH3 is 2. The molecular formula is C26H30Cl2N4O4. The molecular weight excluding hydrogens is 503 g/mol. The van der Waals surface area contributed by atoms with E-state index in [2.05, 4.69) is 15.5 Å². The number of aromatic nitrogens is 2. The van der Waals surface area contributed by atoms with Crippen molar-refractivity contribution in [3.05, 3.63) is 63.6 Å². The molecule has 0 spiro atoms. The molecule has 1 fully saturated rings. The van der Waals surface area contributed by atoms with Gasteiger partial charge in [-0.05, 0) is 18.4 Å². The van der Waals surface area contributed by atoms with E-state index in [-0.39, 0.29) is 19.2 Å². The van der Waals surface area contributed by atoms with Gasteiger partial charge >= 0.3 is 6.09 Å². The molecule has 36 heavy (non-hydrogen) atoms. The zero-order chi connectivity index (χ0) is 25.5. The van der Waals surface area contributed by atoms with Gasteiger partial charge in [-0.1, -0.05) is 72.8 Å². The lowest BCUT2D eigenvalue weighted by Crippen LogP contribution is -2.42. The van der Waals surface area contributed by atoms with Crippen molar-refractivity contribution in [2.75, 3.05) is 24.4 Å². The number of amides is 1. The van der Waals surface area contributed by atoms with Crippen LogP contribution in [0.3, 0.4) is 0 Å². The zero-order valence-corrected chi connectivity index (χ0v) is 21.9. The Labute approximate surface area is 220 Å². The molecule has 192 valence electrons. The van der Waals surface area contributed by atoms with Crippen LogP contribution in [0.1, 0.15) is 43.2 Å². The maximum atomic E-state index is 13.2. The second-order valence-corrected chi connectivity index (χ2v) is 9.34. The summed E-state index contributed by atoms with van der Waals surface area (Å²) in [5.41, 5.74) is 1.55. The summed E-state index contributed by atoms with van der Waals surface area (Å²) >= 11 is 13.0. The van der Waals surface area contributed by atoms with Crippen molar-refractivity contribution in [1.82, 2.24) is 10.2 Å². The van der Waals surface area contributed by atoms with Gasteiger partial charge in [0.15, 0.2) is 5.82 Å². The van der Waals surface area contributed by atoms with Gasteiger partial charge in [-0.3, -0.25) is 10.00 Å². The van der Waals surface area contributed by atoms with Gasteiger partial charge < -0.3 is 19.5 Å². The summed E-state index contributed by atoms with van der Waals surface area (Å²) in [5.74, 6) is 2.03. The highest BCUT2D eigenvalue weighted by atomic mass is 35.5. The second-order valence-electron chi connectivity index (χ2n) is 8.58. The van der Waals surface area contributed by atoms with Crippen molar-refractivity contribution >= 4 is 40.9 Å². The van der Waals surface area contributed by atoms with Gasteiger partial charge in [-0.2, -0.15) is 5.10 Å². The fraction of sp³-hybridized carbons (Fsp3) is 0.385. The van der Waals surface area contributed by atoms with Crippen molar-refractivity contribution in [3.63, 3.8) is 0 Å². The van der Waals surface area contributed by atoms with Crippen LogP contribution in [0.4, 0.5) is 16.4 Å². The largest absolute Gasteiger partial charge is 0.495 e. The van der Waals surface area contributed by atoms with Gasteiger partial charge in [0.25, 0.3) is 0 Å². The normalized spacial score (nSPS) is 13.8. The summed E-state index contributed by atoms with van der Waals surface area (Å²) in [6.07, 6.45) is 4.71. The van der Waals surface area contributed by atoms with E-state index in [1.165, 1.54) is 20.6 Å². The van der Waals surface area contributed by atoms with Crippen LogP contribution in [0, 0.1) is 0 Å². The Morgan fingerprint density at radius 2 is 1.72 bits per heavy atom. The Balaban J connectivity index is 1.51. The SMILES string of the molecule is COc1cc(OC)c(Cl)c(CNc2cc(N(C(=O)OCc3ccccc3)C3CCCCC3)n[nH]2)c1Cl. The first kappa shape index (κ1) is 26.0. The topological polar surface area (TPSA) is 88.7 Å². The van der Waals surface area contributed by atoms with Crippen molar-refractivity contribution in [2.24, 2.45) is 0 Å². The van der Waals surface area contributed by atoms with Crippen molar-refractivity contribution in [1.29, 1.82) is 0 Å². The number of nitrogens with zero attached hydrogens (tertiary/aromatic N) is 2. The van der Waals surface area contributed by atoms with Gasteiger partial charge in [-0.25, -0.2) is 4.79 Å². The van der Waals surface area contributed by atoms with Crippen LogP contribution < -0.4 is 19.7 Å². The van der Waals surface area contributed by atoms with Crippen LogP contribution in [0.15, 0.2) is 42.5 Å². The molecule has 1 aliphatic rings. The van der Waals surface area contributed by atoms with Crippen molar-refractivity contribution in [2.45, 2.75) is 51.3 Å². The van der Waals surface area contributed by atoms with E-state index >= 15 is 0 Å². The molecule has 0 bridgehead atoms. The average Bonchev–Trinajstić information content (AvgIpc) is 3.37. The van der Waals surface area contributed by atoms with Crippen LogP contribution in [-0.4, -0.2) is 36.6 Å². The minimum absolute atomic E-state index is 0.0321. The van der Waals surface area contributed by atoms with E-state index in [0.29, 0.717) is 38.7 Å². The lowest BCUT2D eigenvalue weighted by Gasteiger charge is -2.31. The smallest absolute Gasteiger partial charge is 0.416 e. The minimum Gasteiger partial charge on any atom is -0.495 e. The van der Waals surface area contributed by atoms with Crippen LogP contribution in [-0.2, 0) is 17.9 Å². The highest BCUT2D eigenvalue weighted by molar-refractivity contribution is 6.37. The van der Waals surface area contributed by atoms with E-state index in [1.54, 1.807) is 17.0 Å². The number of ether oxygens (including phenoxy) is 3. The molecule has 1 amide bonds. The van der Waals surface area contributed by atoms with E-state index < -0.39 is 6.09 Å². The molecule has 4 rings (SSSR count). The molecule has 3 aromatic rings. The number of rotatable bonds is 9. The number of anilines is 2. The number of hydrogen-bond donors (Lipinski definition) is 2. The summed E-state index contributed by atoms with van der Waals surface area (Å²) in [6, 6.07) is 13.1. The van der Waals surface area contributed by atoms with Gasteiger partial charge in [0.1, 0.15) is 23.9 Å². The van der Waals surface area contributed by atoms with E-state index in [1.807, 2.05) is 30.3 Å². The molecule has 8 nitrogen and oxygen atoms in total. The third kappa shape index (κ3) is 5.99. The molecule has 1 saturated carbocycles. The number of carbonyl (C=O) groups is 1. The molecule has 0 atom stereocenters. The number of benzene rings is 2. The van der Waals surface area contributed by atoms with E-state index in [0.717, 1.165) is 31.2 Å². The summed E-state index contributed by atoms with van der Waals surface area (Å²) < 4.78 is 16.4. The molecule has 0 aliphatic heterocycles. The summed E-state index contributed by atoms with van der Waals surface area (Å²) in [4.78, 5) is 14.9. The second kappa shape index (κ2) is 12.2. The fourth-order valence-electron chi connectivity index (χ4n) is 4.36. The quantitative estimate of drug-likeness (QED) is 0.314. The lowest BCUT2D eigenvalue weighted by molar-refractivity contribution is 0.142. The fourth-order valence-corrected chi connectivity index (χ4v) is 4.99. The first-order valence-corrected chi connectivity index (χ1v) is 12.7. The first-order chi connectivity index (χ1) is 17.5. The number of carbonyl (C=O) groups excluding carboxylic acids is 1. The zero-order valence-electron chi connectivity index (χ0n) is 20.4. The molecule has 1 aromatic heterocycles. The van der Waals surface area contributed by atoms with Crippen LogP contribution >= 0.6 is 23.2 Å². The van der Waals surface area contributed by atoms with E-state index in [9.17, 15) is 4.79 Å². The average molecular weight is 533 g/mol. The molecule has 10 heteroatoms. The summed E-state index contributed by atoms with van der Waals surface area (Å²) in [5, 5.41) is 11.4. The predicted molar refractivity (Wildman–Crippen MR) is 141 cm³/mol. The Hall–Kier alpha value is -3.10. The number of nitrogens with one attached hydrogen (secondary N) is 2. The van der Waals surface area contributed by atoms with Gasteiger partial charge in [-0.15, -0.1) is 0 Å². The molecule has 0 saturated heterocycles. The number of aromatic amines is 1. The number of hydrogen-bond acceptors (Lipinski definition) is 6. The van der Waals surface area contributed by atoms with Crippen LogP contribution in [0.2, 0.25) is 10.0 Å².